The number of hydrogen-bond acceptors (Lipinski definition) is 5. The molecule has 0 bridgehead atoms. The number of aryl methyl sites for hydroxylation is 1. The van der Waals surface area contributed by atoms with Crippen molar-refractivity contribution < 1.29 is 24.1 Å². The molecule has 1 saturated carbocycles. The van der Waals surface area contributed by atoms with Gasteiger partial charge in [-0.2, -0.15) is 0 Å². The van der Waals surface area contributed by atoms with Crippen molar-refractivity contribution in [2.24, 2.45) is 5.92 Å². The highest BCUT2D eigenvalue weighted by Gasteiger charge is 2.46. The van der Waals surface area contributed by atoms with Crippen molar-refractivity contribution in [3.63, 3.8) is 0 Å². The molecule has 0 spiro atoms. The molecule has 5 atom stereocenters. The molecule has 0 saturated heterocycles. The first-order valence-electron chi connectivity index (χ1n) is 8.65. The summed E-state index contributed by atoms with van der Waals surface area (Å²) in [5.41, 5.74) is 1.58. The maximum atomic E-state index is 13.5. The number of fused-ring (bicyclic) bond motifs is 1. The van der Waals surface area contributed by atoms with Crippen LogP contribution in [0.2, 0.25) is 0 Å². The van der Waals surface area contributed by atoms with Crippen molar-refractivity contribution in [1.82, 2.24) is 14.5 Å². The number of hydrogen-bond donors (Lipinski definition) is 3. The normalized spacial score (nSPS) is 26.6. The summed E-state index contributed by atoms with van der Waals surface area (Å²) in [4.78, 5) is 8.40. The first-order valence-corrected chi connectivity index (χ1v) is 8.65. The Labute approximate surface area is 153 Å². The van der Waals surface area contributed by atoms with Crippen LogP contribution in [0.1, 0.15) is 29.8 Å². The molecule has 3 aromatic rings. The van der Waals surface area contributed by atoms with Gasteiger partial charge in [0, 0.05) is 17.5 Å². The summed E-state index contributed by atoms with van der Waals surface area (Å²) < 4.78 is 28.4. The molecule has 2 heterocycles. The zero-order valence-corrected chi connectivity index (χ0v) is 14.5. The summed E-state index contributed by atoms with van der Waals surface area (Å²) in [6.45, 7) is 1.85. The lowest BCUT2D eigenvalue weighted by Gasteiger charge is -2.22. The van der Waals surface area contributed by atoms with E-state index in [1.54, 1.807) is 10.8 Å². The first kappa shape index (κ1) is 18.0. The number of aliphatic hydroxyl groups excluding tert-OH is 3. The summed E-state index contributed by atoms with van der Waals surface area (Å²) in [5, 5.41) is 32.5. The SMILES string of the molecule is Cc1ncnc2c1ccn2[C@@H]1C[C@H]([C@H](O)c2ccc(F)c(F)c2)[C@@H](O)[C@H]1O. The summed E-state index contributed by atoms with van der Waals surface area (Å²) in [5.74, 6) is -2.82. The predicted molar refractivity (Wildman–Crippen MR) is 92.7 cm³/mol. The van der Waals surface area contributed by atoms with Gasteiger partial charge in [0.05, 0.1) is 23.9 Å². The van der Waals surface area contributed by atoms with E-state index in [4.69, 9.17) is 0 Å². The standard InChI is InChI=1S/C19H19F2N3O3/c1-9-11-4-5-24(19(11)23-8-22-9)15-7-12(17(26)18(15)27)16(25)10-2-3-13(20)14(21)6-10/h2-6,8,12,15-18,25-27H,7H2,1H3/t12-,15-,16-,17-,18+/m1/s1. The Hall–Kier alpha value is -2.42. The van der Waals surface area contributed by atoms with E-state index in [9.17, 15) is 24.1 Å². The van der Waals surface area contributed by atoms with E-state index in [2.05, 4.69) is 9.97 Å². The van der Waals surface area contributed by atoms with Gasteiger partial charge in [0.15, 0.2) is 11.6 Å². The van der Waals surface area contributed by atoms with Gasteiger partial charge in [0.25, 0.3) is 0 Å². The summed E-state index contributed by atoms with van der Waals surface area (Å²) in [7, 11) is 0. The molecule has 1 aliphatic rings. The van der Waals surface area contributed by atoms with Crippen molar-refractivity contribution in [1.29, 1.82) is 0 Å². The Balaban J connectivity index is 1.66. The number of rotatable bonds is 3. The molecule has 1 aliphatic carbocycles. The highest BCUT2D eigenvalue weighted by atomic mass is 19.2. The number of aliphatic hydroxyl groups is 3. The third-order valence-corrected chi connectivity index (χ3v) is 5.45. The third kappa shape index (κ3) is 2.90. The fourth-order valence-electron chi connectivity index (χ4n) is 3.94. The maximum Gasteiger partial charge on any atom is 0.159 e. The van der Waals surface area contributed by atoms with Crippen molar-refractivity contribution in [3.8, 4) is 0 Å². The van der Waals surface area contributed by atoms with Crippen molar-refractivity contribution in [2.75, 3.05) is 0 Å². The van der Waals surface area contributed by atoms with E-state index in [1.807, 2.05) is 13.0 Å². The van der Waals surface area contributed by atoms with Crippen LogP contribution in [0.15, 0.2) is 36.8 Å². The molecule has 6 nitrogen and oxygen atoms in total. The van der Waals surface area contributed by atoms with Crippen molar-refractivity contribution >= 4 is 11.0 Å². The fourth-order valence-corrected chi connectivity index (χ4v) is 3.94. The highest BCUT2D eigenvalue weighted by Crippen LogP contribution is 2.43. The zero-order valence-electron chi connectivity index (χ0n) is 14.5. The molecule has 142 valence electrons. The van der Waals surface area contributed by atoms with Crippen LogP contribution in [-0.4, -0.2) is 42.1 Å². The Morgan fingerprint density at radius 3 is 2.63 bits per heavy atom. The molecule has 1 fully saturated rings. The Morgan fingerprint density at radius 2 is 1.89 bits per heavy atom. The van der Waals surface area contributed by atoms with Crippen LogP contribution in [0.25, 0.3) is 11.0 Å². The molecule has 0 amide bonds. The van der Waals surface area contributed by atoms with E-state index in [0.717, 1.165) is 23.2 Å². The van der Waals surface area contributed by atoms with Crippen LogP contribution >= 0.6 is 0 Å². The molecule has 8 heteroatoms. The average Bonchev–Trinajstić information content (AvgIpc) is 3.20. The van der Waals surface area contributed by atoms with Gasteiger partial charge in [-0.15, -0.1) is 0 Å². The zero-order chi connectivity index (χ0) is 19.3. The molecule has 2 aromatic heterocycles. The van der Waals surface area contributed by atoms with Gasteiger partial charge >= 0.3 is 0 Å². The summed E-state index contributed by atoms with van der Waals surface area (Å²) in [6.07, 6.45) is -0.166. The molecular formula is C19H19F2N3O3. The lowest BCUT2D eigenvalue weighted by molar-refractivity contribution is -0.0265. The quantitative estimate of drug-likeness (QED) is 0.652. The predicted octanol–water partition coefficient (Wildman–Crippen LogP) is 2.03. The summed E-state index contributed by atoms with van der Waals surface area (Å²) >= 11 is 0. The van der Waals surface area contributed by atoms with E-state index in [0.29, 0.717) is 5.65 Å². The van der Waals surface area contributed by atoms with Crippen LogP contribution < -0.4 is 0 Å². The van der Waals surface area contributed by atoms with E-state index < -0.39 is 41.9 Å². The van der Waals surface area contributed by atoms with Crippen LogP contribution in [-0.2, 0) is 0 Å². The lowest BCUT2D eigenvalue weighted by atomic mass is 9.92. The summed E-state index contributed by atoms with van der Waals surface area (Å²) in [6, 6.07) is 4.44. The van der Waals surface area contributed by atoms with Crippen molar-refractivity contribution in [3.05, 3.63) is 59.7 Å². The minimum absolute atomic E-state index is 0.154. The Kier molecular flexibility index (Phi) is 4.41. The molecule has 0 radical (unpaired) electrons. The second-order valence-electron chi connectivity index (χ2n) is 6.99. The van der Waals surface area contributed by atoms with Gasteiger partial charge in [-0.25, -0.2) is 18.7 Å². The van der Waals surface area contributed by atoms with E-state index >= 15 is 0 Å². The molecule has 0 aliphatic heterocycles. The maximum absolute atomic E-state index is 13.5. The van der Waals surface area contributed by atoms with Crippen LogP contribution in [0, 0.1) is 24.5 Å². The topological polar surface area (TPSA) is 91.4 Å². The molecule has 1 aromatic carbocycles. The molecule has 27 heavy (non-hydrogen) atoms. The molecule has 3 N–H and O–H groups in total. The van der Waals surface area contributed by atoms with Gasteiger partial charge in [0.1, 0.15) is 18.1 Å². The van der Waals surface area contributed by atoms with E-state index in [1.165, 1.54) is 12.4 Å². The second kappa shape index (κ2) is 6.63. The van der Waals surface area contributed by atoms with Gasteiger partial charge in [-0.05, 0) is 37.1 Å². The Morgan fingerprint density at radius 1 is 1.11 bits per heavy atom. The smallest absolute Gasteiger partial charge is 0.159 e. The minimum Gasteiger partial charge on any atom is -0.390 e. The fraction of sp³-hybridized carbons (Fsp3) is 0.368. The lowest BCUT2D eigenvalue weighted by Crippen LogP contribution is -2.31. The molecule has 4 rings (SSSR count). The number of benzene rings is 1. The van der Waals surface area contributed by atoms with Crippen LogP contribution in [0.4, 0.5) is 8.78 Å². The Bertz CT molecular complexity index is 993. The average molecular weight is 375 g/mol. The first-order chi connectivity index (χ1) is 12.9. The third-order valence-electron chi connectivity index (χ3n) is 5.45. The molecular weight excluding hydrogens is 356 g/mol. The monoisotopic (exact) mass is 375 g/mol. The van der Waals surface area contributed by atoms with Gasteiger partial charge in [-0.3, -0.25) is 0 Å². The van der Waals surface area contributed by atoms with E-state index in [-0.39, 0.29) is 12.0 Å². The van der Waals surface area contributed by atoms with Crippen LogP contribution in [0.3, 0.4) is 0 Å². The number of aromatic nitrogens is 3. The minimum atomic E-state index is -1.24. The number of nitrogens with zero attached hydrogens (tertiary/aromatic N) is 3. The van der Waals surface area contributed by atoms with Crippen molar-refractivity contribution in [2.45, 2.75) is 37.7 Å². The molecule has 0 unspecified atom stereocenters. The second-order valence-corrected chi connectivity index (χ2v) is 6.99. The number of halogens is 2. The van der Waals surface area contributed by atoms with Gasteiger partial charge in [-0.1, -0.05) is 6.07 Å². The van der Waals surface area contributed by atoms with Gasteiger partial charge in [0.2, 0.25) is 0 Å². The van der Waals surface area contributed by atoms with Crippen LogP contribution in [0.5, 0.6) is 0 Å². The van der Waals surface area contributed by atoms with Gasteiger partial charge < -0.3 is 19.9 Å². The largest absolute Gasteiger partial charge is 0.390 e. The highest BCUT2D eigenvalue weighted by molar-refractivity contribution is 5.78.